The topological polar surface area (TPSA) is 162 Å². The average molecular weight is 500 g/mol. The number of aromatic nitrogens is 2. The van der Waals surface area contributed by atoms with Crippen molar-refractivity contribution in [2.75, 3.05) is 23.7 Å². The molecule has 4 N–H and O–H groups in total. The third-order valence-corrected chi connectivity index (χ3v) is 6.65. The van der Waals surface area contributed by atoms with E-state index >= 15 is 0 Å². The highest BCUT2D eigenvalue weighted by Gasteiger charge is 2.45. The summed E-state index contributed by atoms with van der Waals surface area (Å²) in [5.74, 6) is -2.15. The van der Waals surface area contributed by atoms with Crippen molar-refractivity contribution < 1.29 is 24.0 Å². The molecule has 12 nitrogen and oxygen atoms in total. The Morgan fingerprint density at radius 3 is 2.69 bits per heavy atom. The zero-order valence-corrected chi connectivity index (χ0v) is 19.9. The fraction of sp³-hybridized carbons (Fsp3) is 0.409. The quantitative estimate of drug-likeness (QED) is 0.298. The van der Waals surface area contributed by atoms with E-state index in [4.69, 9.17) is 0 Å². The highest BCUT2D eigenvalue weighted by molar-refractivity contribution is 7.15. The van der Waals surface area contributed by atoms with E-state index in [-0.39, 0.29) is 30.0 Å². The summed E-state index contributed by atoms with van der Waals surface area (Å²) in [6.45, 7) is 2.92. The van der Waals surface area contributed by atoms with E-state index in [9.17, 15) is 24.0 Å². The summed E-state index contributed by atoms with van der Waals surface area (Å²) in [7, 11) is 0. The maximum atomic E-state index is 13.1. The van der Waals surface area contributed by atoms with Crippen molar-refractivity contribution in [1.82, 2.24) is 25.7 Å². The lowest BCUT2D eigenvalue weighted by Crippen LogP contribution is -2.54. The van der Waals surface area contributed by atoms with Crippen molar-refractivity contribution >= 4 is 51.8 Å². The highest BCUT2D eigenvalue weighted by atomic mass is 32.1. The third-order valence-electron chi connectivity index (χ3n) is 5.66. The molecule has 0 aliphatic carbocycles. The van der Waals surface area contributed by atoms with Gasteiger partial charge in [-0.05, 0) is 37.8 Å². The second kappa shape index (κ2) is 10.6. The lowest BCUT2D eigenvalue weighted by atomic mass is 10.0. The van der Waals surface area contributed by atoms with Gasteiger partial charge >= 0.3 is 6.03 Å². The van der Waals surface area contributed by atoms with Crippen molar-refractivity contribution in [3.05, 3.63) is 34.3 Å². The van der Waals surface area contributed by atoms with Crippen molar-refractivity contribution in [2.45, 2.75) is 45.1 Å². The number of rotatable bonds is 9. The molecule has 13 heteroatoms. The Labute approximate surface area is 204 Å². The number of imide groups is 2. The van der Waals surface area contributed by atoms with Crippen LogP contribution in [0.5, 0.6) is 0 Å². The fourth-order valence-electron chi connectivity index (χ4n) is 3.93. The molecule has 6 amide bonds. The number of nitrogens with one attached hydrogen (secondary N) is 4. The van der Waals surface area contributed by atoms with Crippen LogP contribution in [0.1, 0.15) is 58.3 Å². The van der Waals surface area contributed by atoms with Gasteiger partial charge in [0.15, 0.2) is 0 Å². The van der Waals surface area contributed by atoms with E-state index in [0.717, 1.165) is 16.3 Å². The normalized spacial score (nSPS) is 17.3. The lowest BCUT2D eigenvalue weighted by molar-refractivity contribution is -0.136. The molecule has 1 fully saturated rings. The Morgan fingerprint density at radius 1 is 1.14 bits per heavy atom. The number of carbonyl (C=O) groups is 5. The SMILES string of the molecule is CCc1nnc(NC(=O)NCCCCNc2cccc3c2C(=O)N(C2CCC(=O)NC2=O)C3=O)s1. The van der Waals surface area contributed by atoms with Gasteiger partial charge in [0.1, 0.15) is 11.0 Å². The highest BCUT2D eigenvalue weighted by Crippen LogP contribution is 2.32. The zero-order chi connectivity index (χ0) is 24.9. The molecule has 1 aromatic heterocycles. The van der Waals surface area contributed by atoms with Gasteiger partial charge in [0.05, 0.1) is 11.1 Å². The monoisotopic (exact) mass is 499 g/mol. The molecule has 0 saturated carbocycles. The lowest BCUT2D eigenvalue weighted by Gasteiger charge is -2.27. The standard InChI is InChI=1S/C22H25N7O5S/c1-2-16-27-28-22(35-16)26-21(34)24-11-4-3-10-23-13-7-5-6-12-17(13)20(33)29(19(12)32)14-8-9-15(30)25-18(14)31/h5-7,14,23H,2-4,8-11H2,1H3,(H,25,30,31)(H2,24,26,28,34). The Bertz CT molecular complexity index is 1180. The van der Waals surface area contributed by atoms with Gasteiger partial charge in [-0.3, -0.25) is 34.7 Å². The van der Waals surface area contributed by atoms with Gasteiger partial charge in [-0.25, -0.2) is 4.79 Å². The zero-order valence-electron chi connectivity index (χ0n) is 19.1. The predicted octanol–water partition coefficient (Wildman–Crippen LogP) is 1.52. The van der Waals surface area contributed by atoms with Crippen LogP contribution < -0.4 is 21.3 Å². The van der Waals surface area contributed by atoms with Crippen molar-refractivity contribution in [2.24, 2.45) is 0 Å². The van der Waals surface area contributed by atoms with Crippen molar-refractivity contribution in [1.29, 1.82) is 0 Å². The number of anilines is 2. The first kappa shape index (κ1) is 24.3. The summed E-state index contributed by atoms with van der Waals surface area (Å²) in [5, 5.41) is 19.9. The van der Waals surface area contributed by atoms with E-state index in [2.05, 4.69) is 31.5 Å². The molecule has 0 spiro atoms. The van der Waals surface area contributed by atoms with Crippen LogP contribution in [0.2, 0.25) is 0 Å². The van der Waals surface area contributed by atoms with E-state index < -0.39 is 29.7 Å². The maximum Gasteiger partial charge on any atom is 0.321 e. The number of nitrogens with zero attached hydrogens (tertiary/aromatic N) is 3. The molecule has 35 heavy (non-hydrogen) atoms. The van der Waals surface area contributed by atoms with E-state index in [1.807, 2.05) is 6.92 Å². The van der Waals surface area contributed by atoms with Gasteiger partial charge in [-0.1, -0.05) is 24.3 Å². The van der Waals surface area contributed by atoms with Gasteiger partial charge in [0, 0.05) is 25.2 Å². The molecule has 1 unspecified atom stereocenters. The summed E-state index contributed by atoms with van der Waals surface area (Å²) in [4.78, 5) is 62.5. The molecule has 4 rings (SSSR count). The summed E-state index contributed by atoms with van der Waals surface area (Å²) in [6, 6.07) is 3.57. The summed E-state index contributed by atoms with van der Waals surface area (Å²) < 4.78 is 0. The smallest absolute Gasteiger partial charge is 0.321 e. The Balaban J connectivity index is 1.26. The molecule has 0 radical (unpaired) electrons. The molecule has 184 valence electrons. The van der Waals surface area contributed by atoms with Gasteiger partial charge in [-0.2, -0.15) is 0 Å². The molecular formula is C22H25N7O5S. The Kier molecular flexibility index (Phi) is 7.34. The fourth-order valence-corrected chi connectivity index (χ4v) is 4.60. The second-order valence-corrected chi connectivity index (χ2v) is 9.11. The Morgan fingerprint density at radius 2 is 1.94 bits per heavy atom. The molecular weight excluding hydrogens is 474 g/mol. The van der Waals surface area contributed by atoms with Gasteiger partial charge in [-0.15, -0.1) is 10.2 Å². The molecule has 0 bridgehead atoms. The summed E-state index contributed by atoms with van der Waals surface area (Å²) in [6.07, 6.45) is 2.32. The number of amides is 6. The number of carbonyl (C=O) groups excluding carboxylic acids is 5. The number of urea groups is 1. The molecule has 3 heterocycles. The molecule has 2 aliphatic rings. The largest absolute Gasteiger partial charge is 0.384 e. The number of piperidine rings is 1. The number of hydrogen-bond donors (Lipinski definition) is 4. The number of hydrogen-bond acceptors (Lipinski definition) is 9. The maximum absolute atomic E-state index is 13.1. The molecule has 1 aromatic carbocycles. The number of unbranched alkanes of at least 4 members (excludes halogenated alkanes) is 1. The van der Waals surface area contributed by atoms with Gasteiger partial charge in [0.25, 0.3) is 11.8 Å². The number of benzene rings is 1. The first-order chi connectivity index (χ1) is 16.9. The van der Waals surface area contributed by atoms with Crippen LogP contribution in [-0.2, 0) is 16.0 Å². The van der Waals surface area contributed by atoms with Crippen molar-refractivity contribution in [3.8, 4) is 0 Å². The predicted molar refractivity (Wildman–Crippen MR) is 127 cm³/mol. The van der Waals surface area contributed by atoms with Crippen LogP contribution >= 0.6 is 11.3 Å². The second-order valence-electron chi connectivity index (χ2n) is 8.04. The molecule has 1 saturated heterocycles. The Hall–Kier alpha value is -3.87. The van der Waals surface area contributed by atoms with Crippen molar-refractivity contribution in [3.63, 3.8) is 0 Å². The van der Waals surface area contributed by atoms with E-state index in [0.29, 0.717) is 36.8 Å². The summed E-state index contributed by atoms with van der Waals surface area (Å²) >= 11 is 1.33. The first-order valence-electron chi connectivity index (χ1n) is 11.3. The average Bonchev–Trinajstić information content (AvgIpc) is 3.39. The van der Waals surface area contributed by atoms with Crippen LogP contribution in [-0.4, -0.2) is 63.9 Å². The third kappa shape index (κ3) is 5.29. The minimum absolute atomic E-state index is 0.0709. The molecule has 1 atom stereocenters. The number of aryl methyl sites for hydroxylation is 1. The summed E-state index contributed by atoms with van der Waals surface area (Å²) in [5.41, 5.74) is 0.957. The van der Waals surface area contributed by atoms with E-state index in [1.54, 1.807) is 18.2 Å². The van der Waals surface area contributed by atoms with Gasteiger partial charge in [0.2, 0.25) is 16.9 Å². The van der Waals surface area contributed by atoms with Crippen LogP contribution in [0.15, 0.2) is 18.2 Å². The molecule has 2 aliphatic heterocycles. The van der Waals surface area contributed by atoms with Gasteiger partial charge < -0.3 is 10.6 Å². The first-order valence-corrected chi connectivity index (χ1v) is 12.2. The van der Waals surface area contributed by atoms with Crippen LogP contribution in [0, 0.1) is 0 Å². The minimum Gasteiger partial charge on any atom is -0.384 e. The van der Waals surface area contributed by atoms with Crippen LogP contribution in [0.4, 0.5) is 15.6 Å². The van der Waals surface area contributed by atoms with E-state index in [1.165, 1.54) is 11.3 Å². The van der Waals surface area contributed by atoms with Crippen LogP contribution in [0.3, 0.4) is 0 Å². The minimum atomic E-state index is -1.00. The molecule has 2 aromatic rings. The number of fused-ring (bicyclic) bond motifs is 1. The van der Waals surface area contributed by atoms with Crippen LogP contribution in [0.25, 0.3) is 0 Å².